The third-order valence-corrected chi connectivity index (χ3v) is 6.49. The molecule has 0 saturated heterocycles. The predicted octanol–water partition coefficient (Wildman–Crippen LogP) is 4.76. The Bertz CT molecular complexity index is 1230. The molecule has 0 spiro atoms. The molecule has 1 aromatic carbocycles. The Hall–Kier alpha value is -3.52. The van der Waals surface area contributed by atoms with Crippen molar-refractivity contribution < 1.29 is 0 Å². The third kappa shape index (κ3) is 4.72. The first-order valence-electron chi connectivity index (χ1n) is 12.1. The van der Waals surface area contributed by atoms with E-state index in [1.54, 1.807) is 0 Å². The summed E-state index contributed by atoms with van der Waals surface area (Å²) in [6.45, 7) is 4.89. The van der Waals surface area contributed by atoms with Crippen molar-refractivity contribution in [1.82, 2.24) is 24.5 Å². The van der Waals surface area contributed by atoms with Crippen LogP contribution in [0.15, 0.2) is 55.0 Å². The summed E-state index contributed by atoms with van der Waals surface area (Å²) >= 11 is 0. The fourth-order valence-corrected chi connectivity index (χ4v) is 4.50. The zero-order valence-corrected chi connectivity index (χ0v) is 19.8. The molecule has 4 N–H and O–H groups in total. The lowest BCUT2D eigenvalue weighted by Crippen LogP contribution is -2.43. The second-order valence-corrected chi connectivity index (χ2v) is 9.28. The lowest BCUT2D eigenvalue weighted by molar-refractivity contribution is 0.402. The summed E-state index contributed by atoms with van der Waals surface area (Å²) in [5.74, 6) is 1.33. The molecule has 0 bridgehead atoms. The van der Waals surface area contributed by atoms with Crippen molar-refractivity contribution in [2.24, 2.45) is 5.73 Å². The highest BCUT2D eigenvalue weighted by Gasteiger charge is 2.23. The van der Waals surface area contributed by atoms with Crippen molar-refractivity contribution in [1.29, 1.82) is 0 Å². The van der Waals surface area contributed by atoms with Gasteiger partial charge in [-0.25, -0.2) is 4.98 Å². The van der Waals surface area contributed by atoms with E-state index in [0.717, 1.165) is 46.6 Å². The molecule has 2 atom stereocenters. The average molecular weight is 457 g/mol. The molecule has 34 heavy (non-hydrogen) atoms. The van der Waals surface area contributed by atoms with Gasteiger partial charge in [-0.3, -0.25) is 4.98 Å². The number of imidazole rings is 1. The van der Waals surface area contributed by atoms with Crippen LogP contribution in [0, 0.1) is 0 Å². The van der Waals surface area contributed by atoms with Gasteiger partial charge in [-0.2, -0.15) is 9.97 Å². The maximum Gasteiger partial charge on any atom is 0.227 e. The van der Waals surface area contributed by atoms with E-state index in [2.05, 4.69) is 63.3 Å². The molecule has 0 radical (unpaired) electrons. The number of anilines is 2. The van der Waals surface area contributed by atoms with Crippen molar-refractivity contribution in [3.8, 4) is 11.3 Å². The van der Waals surface area contributed by atoms with E-state index in [4.69, 9.17) is 15.7 Å². The molecule has 4 aromatic rings. The molecule has 176 valence electrons. The summed E-state index contributed by atoms with van der Waals surface area (Å²) in [5, 5.41) is 7.00. The van der Waals surface area contributed by atoms with Gasteiger partial charge in [0.15, 0.2) is 17.0 Å². The molecular weight excluding hydrogens is 424 g/mol. The number of hydrogen-bond donors (Lipinski definition) is 3. The van der Waals surface area contributed by atoms with Crippen LogP contribution in [0.1, 0.15) is 51.1 Å². The summed E-state index contributed by atoms with van der Waals surface area (Å²) in [6.07, 6.45) is 8.09. The van der Waals surface area contributed by atoms with E-state index >= 15 is 0 Å². The second-order valence-electron chi connectivity index (χ2n) is 9.28. The van der Waals surface area contributed by atoms with Crippen LogP contribution in [0.25, 0.3) is 22.4 Å². The zero-order valence-electron chi connectivity index (χ0n) is 19.8. The van der Waals surface area contributed by atoms with Crippen LogP contribution in [-0.2, 0) is 6.54 Å². The van der Waals surface area contributed by atoms with E-state index in [-0.39, 0.29) is 18.1 Å². The maximum atomic E-state index is 6.37. The summed E-state index contributed by atoms with van der Waals surface area (Å²) < 4.78 is 2.08. The van der Waals surface area contributed by atoms with Crippen LogP contribution in [0.2, 0.25) is 0 Å². The molecule has 5 rings (SSSR count). The Kier molecular flexibility index (Phi) is 6.40. The minimum Gasteiger partial charge on any atom is -0.364 e. The lowest BCUT2D eigenvalue weighted by Gasteiger charge is -2.29. The largest absolute Gasteiger partial charge is 0.364 e. The normalized spacial score (nSPS) is 18.4. The van der Waals surface area contributed by atoms with Crippen LogP contribution in [0.5, 0.6) is 0 Å². The Balaban J connectivity index is 1.39. The molecule has 3 aromatic heterocycles. The number of nitrogens with one attached hydrogen (secondary N) is 2. The fourth-order valence-electron chi connectivity index (χ4n) is 4.50. The van der Waals surface area contributed by atoms with Crippen molar-refractivity contribution in [3.63, 3.8) is 0 Å². The molecule has 1 saturated carbocycles. The first-order valence-corrected chi connectivity index (χ1v) is 12.1. The van der Waals surface area contributed by atoms with Crippen LogP contribution in [0.4, 0.5) is 11.8 Å². The van der Waals surface area contributed by atoms with Crippen molar-refractivity contribution >= 4 is 22.9 Å². The predicted molar refractivity (Wildman–Crippen MR) is 137 cm³/mol. The molecular formula is C26H32N8. The molecule has 3 heterocycles. The van der Waals surface area contributed by atoms with Crippen molar-refractivity contribution in [2.45, 2.75) is 64.2 Å². The van der Waals surface area contributed by atoms with Gasteiger partial charge < -0.3 is 20.9 Å². The minimum absolute atomic E-state index is 0.122. The van der Waals surface area contributed by atoms with Gasteiger partial charge in [-0.15, -0.1) is 0 Å². The second kappa shape index (κ2) is 9.77. The number of benzene rings is 1. The molecule has 0 unspecified atom stereocenters. The molecule has 0 aliphatic heterocycles. The first kappa shape index (κ1) is 22.3. The van der Waals surface area contributed by atoms with Gasteiger partial charge in [-0.1, -0.05) is 43.2 Å². The number of rotatable bonds is 7. The number of nitrogens with zero attached hydrogens (tertiary/aromatic N) is 5. The average Bonchev–Trinajstić information content (AvgIpc) is 3.29. The van der Waals surface area contributed by atoms with Gasteiger partial charge in [0.25, 0.3) is 0 Å². The zero-order chi connectivity index (χ0) is 23.5. The van der Waals surface area contributed by atoms with Crippen LogP contribution in [0.3, 0.4) is 0 Å². The molecule has 8 nitrogen and oxygen atoms in total. The van der Waals surface area contributed by atoms with Gasteiger partial charge in [0.2, 0.25) is 5.95 Å². The third-order valence-electron chi connectivity index (χ3n) is 6.49. The Morgan fingerprint density at radius 1 is 1.03 bits per heavy atom. The molecule has 0 amide bonds. The van der Waals surface area contributed by atoms with Crippen molar-refractivity contribution in [3.05, 3.63) is 60.6 Å². The number of pyridine rings is 1. The minimum atomic E-state index is 0.122. The summed E-state index contributed by atoms with van der Waals surface area (Å²) in [6, 6.07) is 14.9. The number of fused-ring (bicyclic) bond motifs is 1. The van der Waals surface area contributed by atoms with Crippen LogP contribution in [-0.4, -0.2) is 36.6 Å². The molecule has 8 heteroatoms. The van der Waals surface area contributed by atoms with Crippen molar-refractivity contribution in [2.75, 3.05) is 10.6 Å². The highest BCUT2D eigenvalue weighted by molar-refractivity contribution is 5.84. The van der Waals surface area contributed by atoms with Gasteiger partial charge in [0, 0.05) is 36.4 Å². The van der Waals surface area contributed by atoms with E-state index in [1.807, 2.05) is 30.7 Å². The number of hydrogen-bond acceptors (Lipinski definition) is 7. The standard InChI is InChI=1S/C26H32N8/c1-17(2)34-16-30-23-24(32-26(33-25(23)34)31-22-9-4-3-7-20(22)27)29-15-18-10-12-19(13-11-18)21-8-5-6-14-28-21/h5-6,8,10-14,16-17,20,22H,3-4,7,9,15,27H2,1-2H3,(H2,29,31,32,33)/t20-,22+/m0/s1. The quantitative estimate of drug-likeness (QED) is 0.368. The first-order chi connectivity index (χ1) is 16.6. The number of nitrogens with two attached hydrogens (primary N) is 1. The highest BCUT2D eigenvalue weighted by atomic mass is 15.2. The topological polar surface area (TPSA) is 107 Å². The lowest BCUT2D eigenvalue weighted by atomic mass is 9.91. The maximum absolute atomic E-state index is 6.37. The SMILES string of the molecule is CC(C)n1cnc2c(NCc3ccc(-c4ccccn4)cc3)nc(N[C@@H]3CCCC[C@@H]3N)nc21. The van der Waals surface area contributed by atoms with Gasteiger partial charge in [0.1, 0.15) is 0 Å². The fraction of sp³-hybridized carbons (Fsp3) is 0.385. The van der Waals surface area contributed by atoms with Gasteiger partial charge in [0.05, 0.1) is 12.0 Å². The van der Waals surface area contributed by atoms with Gasteiger partial charge >= 0.3 is 0 Å². The Morgan fingerprint density at radius 2 is 1.85 bits per heavy atom. The Labute approximate surface area is 200 Å². The van der Waals surface area contributed by atoms with E-state index in [0.29, 0.717) is 12.5 Å². The van der Waals surface area contributed by atoms with E-state index in [1.165, 1.54) is 12.8 Å². The monoisotopic (exact) mass is 456 g/mol. The smallest absolute Gasteiger partial charge is 0.227 e. The Morgan fingerprint density at radius 3 is 2.59 bits per heavy atom. The van der Waals surface area contributed by atoms with E-state index < -0.39 is 0 Å². The van der Waals surface area contributed by atoms with Gasteiger partial charge in [-0.05, 0) is 44.4 Å². The highest BCUT2D eigenvalue weighted by Crippen LogP contribution is 2.26. The molecule has 1 fully saturated rings. The summed E-state index contributed by atoms with van der Waals surface area (Å²) in [5.41, 5.74) is 11.2. The summed E-state index contributed by atoms with van der Waals surface area (Å²) in [4.78, 5) is 18.7. The molecule has 1 aliphatic carbocycles. The summed E-state index contributed by atoms with van der Waals surface area (Å²) in [7, 11) is 0. The number of aromatic nitrogens is 5. The van der Waals surface area contributed by atoms with Crippen LogP contribution < -0.4 is 16.4 Å². The molecule has 1 aliphatic rings. The van der Waals surface area contributed by atoms with E-state index in [9.17, 15) is 0 Å². The van der Waals surface area contributed by atoms with Crippen LogP contribution >= 0.6 is 0 Å².